The number of nitrogens with one attached hydrogen (secondary N) is 1. The van der Waals surface area contributed by atoms with E-state index in [4.69, 9.17) is 4.74 Å². The van der Waals surface area contributed by atoms with Crippen molar-refractivity contribution in [2.24, 2.45) is 0 Å². The normalized spacial score (nSPS) is 14.0. The maximum absolute atomic E-state index is 14.4. The lowest BCUT2D eigenvalue weighted by atomic mass is 10.1. The molecule has 1 aromatic carbocycles. The Bertz CT molecular complexity index is 1020. The van der Waals surface area contributed by atoms with Crippen LogP contribution in [-0.4, -0.2) is 33.5 Å². The van der Waals surface area contributed by atoms with Gasteiger partial charge in [-0.3, -0.25) is 14.7 Å². The Kier molecular flexibility index (Phi) is 4.68. The number of rotatable bonds is 4. The van der Waals surface area contributed by atoms with Crippen LogP contribution in [0.3, 0.4) is 0 Å². The minimum absolute atomic E-state index is 0.158. The van der Waals surface area contributed by atoms with E-state index in [1.165, 1.54) is 7.11 Å². The molecule has 0 saturated carbocycles. The zero-order valence-corrected chi connectivity index (χ0v) is 14.9. The van der Waals surface area contributed by atoms with E-state index in [9.17, 15) is 9.18 Å². The first-order chi connectivity index (χ1) is 13.2. The number of hydrogen-bond donors (Lipinski definition) is 1. The second-order valence-corrected chi connectivity index (χ2v) is 6.48. The van der Waals surface area contributed by atoms with Gasteiger partial charge in [-0.05, 0) is 18.2 Å². The Hall–Kier alpha value is -3.06. The van der Waals surface area contributed by atoms with Gasteiger partial charge in [0.15, 0.2) is 11.6 Å². The summed E-state index contributed by atoms with van der Waals surface area (Å²) in [5.41, 5.74) is 2.60. The number of methoxy groups -OCH3 is 1. The third-order valence-corrected chi connectivity index (χ3v) is 4.74. The maximum atomic E-state index is 14.4. The number of aromatic nitrogens is 3. The van der Waals surface area contributed by atoms with E-state index in [2.05, 4.69) is 15.0 Å². The lowest BCUT2D eigenvalue weighted by molar-refractivity contribution is 0.237. The quantitative estimate of drug-likeness (QED) is 0.768. The zero-order chi connectivity index (χ0) is 18.8. The summed E-state index contributed by atoms with van der Waals surface area (Å²) in [6.07, 6.45) is 3.99. The molecule has 3 aromatic rings. The van der Waals surface area contributed by atoms with Gasteiger partial charge < -0.3 is 9.72 Å². The van der Waals surface area contributed by atoms with Crippen LogP contribution >= 0.6 is 0 Å². The summed E-state index contributed by atoms with van der Waals surface area (Å²) in [7, 11) is 1.45. The molecule has 0 spiro atoms. The van der Waals surface area contributed by atoms with Crippen molar-refractivity contribution >= 4 is 0 Å². The fraction of sp³-hybridized carbons (Fsp3) is 0.250. The number of fused-ring (bicyclic) bond motifs is 1. The van der Waals surface area contributed by atoms with Crippen molar-refractivity contribution in [3.63, 3.8) is 0 Å². The lowest BCUT2D eigenvalue weighted by Gasteiger charge is -2.28. The van der Waals surface area contributed by atoms with E-state index < -0.39 is 0 Å². The minimum atomic E-state index is -0.357. The zero-order valence-electron chi connectivity index (χ0n) is 14.9. The highest BCUT2D eigenvalue weighted by molar-refractivity contribution is 5.53. The van der Waals surface area contributed by atoms with Crippen LogP contribution in [0.1, 0.15) is 16.8 Å². The Morgan fingerprint density at radius 1 is 1.30 bits per heavy atom. The van der Waals surface area contributed by atoms with Gasteiger partial charge in [-0.15, -0.1) is 0 Å². The van der Waals surface area contributed by atoms with Crippen LogP contribution in [0.15, 0.2) is 47.5 Å². The fourth-order valence-electron chi connectivity index (χ4n) is 3.33. The van der Waals surface area contributed by atoms with Crippen molar-refractivity contribution in [2.45, 2.75) is 19.5 Å². The Balaban J connectivity index is 1.58. The molecule has 138 valence electrons. The van der Waals surface area contributed by atoms with E-state index in [0.29, 0.717) is 43.0 Å². The van der Waals surface area contributed by atoms with Crippen molar-refractivity contribution in [2.75, 3.05) is 13.7 Å². The van der Waals surface area contributed by atoms with Crippen LogP contribution in [0.4, 0.5) is 4.39 Å². The molecule has 0 aliphatic carbocycles. The molecule has 0 unspecified atom stereocenters. The summed E-state index contributed by atoms with van der Waals surface area (Å²) < 4.78 is 19.4. The number of nitrogens with zero attached hydrogens (tertiary/aromatic N) is 3. The van der Waals surface area contributed by atoms with Gasteiger partial charge in [0.2, 0.25) is 0 Å². The number of H-pyrrole nitrogens is 1. The Morgan fingerprint density at radius 2 is 2.19 bits per heavy atom. The van der Waals surface area contributed by atoms with Crippen LogP contribution in [0, 0.1) is 5.82 Å². The second-order valence-electron chi connectivity index (χ2n) is 6.48. The van der Waals surface area contributed by atoms with Gasteiger partial charge in [-0.25, -0.2) is 9.37 Å². The van der Waals surface area contributed by atoms with E-state index in [1.54, 1.807) is 36.7 Å². The van der Waals surface area contributed by atoms with Crippen LogP contribution in [0.25, 0.3) is 11.4 Å². The topological polar surface area (TPSA) is 71.1 Å². The molecule has 0 amide bonds. The first-order valence-electron chi connectivity index (χ1n) is 8.72. The van der Waals surface area contributed by atoms with Gasteiger partial charge in [0.25, 0.3) is 5.56 Å². The molecule has 3 heterocycles. The lowest BCUT2D eigenvalue weighted by Crippen LogP contribution is -2.35. The molecular weight excluding hydrogens is 347 g/mol. The van der Waals surface area contributed by atoms with Crippen molar-refractivity contribution in [1.29, 1.82) is 0 Å². The SMILES string of the molecule is COc1cccc(CN2CCc3nc(-c4cccnc4)[nH]c(=O)c3C2)c1F. The largest absolute Gasteiger partial charge is 0.494 e. The summed E-state index contributed by atoms with van der Waals surface area (Å²) in [6, 6.07) is 8.77. The molecule has 1 aliphatic heterocycles. The molecule has 0 bridgehead atoms. The summed E-state index contributed by atoms with van der Waals surface area (Å²) in [6.45, 7) is 1.54. The van der Waals surface area contributed by atoms with Crippen molar-refractivity contribution in [3.8, 4) is 17.1 Å². The van der Waals surface area contributed by atoms with Crippen molar-refractivity contribution in [1.82, 2.24) is 19.9 Å². The molecule has 6 nitrogen and oxygen atoms in total. The molecule has 0 radical (unpaired) electrons. The van der Waals surface area contributed by atoms with E-state index in [1.807, 2.05) is 11.0 Å². The van der Waals surface area contributed by atoms with Gasteiger partial charge in [-0.1, -0.05) is 12.1 Å². The molecule has 4 rings (SSSR count). The minimum Gasteiger partial charge on any atom is -0.494 e. The predicted octanol–water partition coefficient (Wildman–Crippen LogP) is 2.54. The molecule has 0 saturated heterocycles. The molecule has 0 fully saturated rings. The number of ether oxygens (including phenoxy) is 1. The number of aromatic amines is 1. The van der Waals surface area contributed by atoms with Gasteiger partial charge >= 0.3 is 0 Å². The van der Waals surface area contributed by atoms with Gasteiger partial charge in [0.05, 0.1) is 18.4 Å². The number of pyridine rings is 1. The third kappa shape index (κ3) is 3.46. The smallest absolute Gasteiger partial charge is 0.255 e. The van der Waals surface area contributed by atoms with Crippen LogP contribution < -0.4 is 10.3 Å². The van der Waals surface area contributed by atoms with E-state index >= 15 is 0 Å². The average molecular weight is 366 g/mol. The van der Waals surface area contributed by atoms with Crippen molar-refractivity contribution in [3.05, 3.63) is 75.7 Å². The molecule has 0 atom stereocenters. The van der Waals surface area contributed by atoms with Crippen LogP contribution in [0.5, 0.6) is 5.75 Å². The summed E-state index contributed by atoms with van der Waals surface area (Å²) in [4.78, 5) is 26.2. The molecular formula is C20H19FN4O2. The Labute approximate surface area is 155 Å². The molecule has 2 aromatic heterocycles. The molecule has 27 heavy (non-hydrogen) atoms. The highest BCUT2D eigenvalue weighted by atomic mass is 19.1. The first-order valence-corrected chi connectivity index (χ1v) is 8.72. The van der Waals surface area contributed by atoms with Crippen LogP contribution in [0.2, 0.25) is 0 Å². The summed E-state index contributed by atoms with van der Waals surface area (Å²) >= 11 is 0. The van der Waals surface area contributed by atoms with Gasteiger partial charge in [0.1, 0.15) is 5.82 Å². The van der Waals surface area contributed by atoms with Gasteiger partial charge in [0, 0.05) is 49.6 Å². The number of halogens is 1. The number of benzene rings is 1. The summed E-state index contributed by atoms with van der Waals surface area (Å²) in [5.74, 6) is 0.398. The molecule has 1 aliphatic rings. The van der Waals surface area contributed by atoms with Crippen LogP contribution in [-0.2, 0) is 19.5 Å². The average Bonchev–Trinajstić information content (AvgIpc) is 2.70. The predicted molar refractivity (Wildman–Crippen MR) is 98.9 cm³/mol. The van der Waals surface area contributed by atoms with E-state index in [0.717, 1.165) is 11.3 Å². The van der Waals surface area contributed by atoms with Gasteiger partial charge in [-0.2, -0.15) is 0 Å². The number of hydrogen-bond acceptors (Lipinski definition) is 5. The Morgan fingerprint density at radius 3 is 2.96 bits per heavy atom. The van der Waals surface area contributed by atoms with Crippen molar-refractivity contribution < 1.29 is 9.13 Å². The van der Waals surface area contributed by atoms with E-state index in [-0.39, 0.29) is 17.1 Å². The molecule has 1 N–H and O–H groups in total. The highest BCUT2D eigenvalue weighted by Gasteiger charge is 2.23. The maximum Gasteiger partial charge on any atom is 0.255 e. The standard InChI is InChI=1S/C20H19FN4O2/c1-27-17-6-2-4-14(18(17)21)11-25-9-7-16-15(12-25)20(26)24-19(23-16)13-5-3-8-22-10-13/h2-6,8,10H,7,9,11-12H2,1H3,(H,23,24,26). The second kappa shape index (κ2) is 7.28. The fourth-order valence-corrected chi connectivity index (χ4v) is 3.33. The highest BCUT2D eigenvalue weighted by Crippen LogP contribution is 2.24. The third-order valence-electron chi connectivity index (χ3n) is 4.74. The monoisotopic (exact) mass is 366 g/mol. The summed E-state index contributed by atoms with van der Waals surface area (Å²) in [5, 5.41) is 0. The molecule has 7 heteroatoms. The first kappa shape index (κ1) is 17.4.